The third kappa shape index (κ3) is 3.41. The van der Waals surface area contributed by atoms with Crippen LogP contribution < -0.4 is 0 Å². The Kier molecular flexibility index (Phi) is 4.20. The minimum Gasteiger partial charge on any atom is -0.444 e. The van der Waals surface area contributed by atoms with E-state index in [1.165, 1.54) is 0 Å². The smallest absolute Gasteiger partial charge is 0.410 e. The maximum Gasteiger partial charge on any atom is 0.410 e. The summed E-state index contributed by atoms with van der Waals surface area (Å²) >= 11 is 5.91. The molecule has 1 aromatic heterocycles. The van der Waals surface area contributed by atoms with Crippen LogP contribution in [0.3, 0.4) is 0 Å². The molecule has 0 fully saturated rings. The molecule has 0 aromatic carbocycles. The Morgan fingerprint density at radius 1 is 1.45 bits per heavy atom. The molecule has 2 rings (SSSR count). The standard InChI is InChI=1S/C14H19ClN2O3/c1-14(2,3)20-13(18)17-7-9-5-6-11(15)16-12(9)10(8-17)19-4/h5-6,10H,7-8H2,1-4H3. The van der Waals surface area contributed by atoms with Gasteiger partial charge < -0.3 is 14.4 Å². The molecule has 1 aromatic rings. The van der Waals surface area contributed by atoms with Crippen molar-refractivity contribution in [2.24, 2.45) is 0 Å². The van der Waals surface area contributed by atoms with Crippen LogP contribution in [0.1, 0.15) is 38.1 Å². The fourth-order valence-electron chi connectivity index (χ4n) is 2.10. The summed E-state index contributed by atoms with van der Waals surface area (Å²) in [5.74, 6) is 0. The molecule has 1 atom stereocenters. The van der Waals surface area contributed by atoms with E-state index in [9.17, 15) is 4.79 Å². The Hall–Kier alpha value is -1.33. The van der Waals surface area contributed by atoms with Crippen LogP contribution >= 0.6 is 11.6 Å². The fraction of sp³-hybridized carbons (Fsp3) is 0.571. The Labute approximate surface area is 123 Å². The first-order valence-electron chi connectivity index (χ1n) is 6.46. The number of aromatic nitrogens is 1. The summed E-state index contributed by atoms with van der Waals surface area (Å²) in [6.07, 6.45) is -0.634. The molecule has 2 heterocycles. The molecule has 5 nitrogen and oxygen atoms in total. The third-order valence-electron chi connectivity index (χ3n) is 2.97. The highest BCUT2D eigenvalue weighted by Gasteiger charge is 2.32. The van der Waals surface area contributed by atoms with E-state index in [0.29, 0.717) is 18.2 Å². The number of ether oxygens (including phenoxy) is 2. The van der Waals surface area contributed by atoms with Crippen molar-refractivity contribution in [3.8, 4) is 0 Å². The van der Waals surface area contributed by atoms with Gasteiger partial charge in [-0.3, -0.25) is 0 Å². The van der Waals surface area contributed by atoms with Crippen molar-refractivity contribution in [2.75, 3.05) is 13.7 Å². The zero-order valence-electron chi connectivity index (χ0n) is 12.1. The van der Waals surface area contributed by atoms with E-state index in [2.05, 4.69) is 4.98 Å². The number of methoxy groups -OCH3 is 1. The fourth-order valence-corrected chi connectivity index (χ4v) is 2.25. The highest BCUT2D eigenvalue weighted by molar-refractivity contribution is 6.29. The van der Waals surface area contributed by atoms with Gasteiger partial charge in [-0.05, 0) is 32.4 Å². The summed E-state index contributed by atoms with van der Waals surface area (Å²) in [4.78, 5) is 18.1. The molecule has 20 heavy (non-hydrogen) atoms. The predicted octanol–water partition coefficient (Wildman–Crippen LogP) is 3.17. The first-order chi connectivity index (χ1) is 9.30. The molecule has 110 valence electrons. The molecule has 0 saturated carbocycles. The highest BCUT2D eigenvalue weighted by Crippen LogP contribution is 2.29. The van der Waals surface area contributed by atoms with Crippen molar-refractivity contribution in [3.63, 3.8) is 0 Å². The quantitative estimate of drug-likeness (QED) is 0.747. The molecule has 1 aliphatic heterocycles. The van der Waals surface area contributed by atoms with Crippen molar-refractivity contribution in [2.45, 2.75) is 39.0 Å². The van der Waals surface area contributed by atoms with Gasteiger partial charge in [0.2, 0.25) is 0 Å². The van der Waals surface area contributed by atoms with Crippen LogP contribution in [0.25, 0.3) is 0 Å². The number of fused-ring (bicyclic) bond motifs is 1. The highest BCUT2D eigenvalue weighted by atomic mass is 35.5. The van der Waals surface area contributed by atoms with Gasteiger partial charge >= 0.3 is 6.09 Å². The zero-order chi connectivity index (χ0) is 14.9. The lowest BCUT2D eigenvalue weighted by Crippen LogP contribution is -2.42. The van der Waals surface area contributed by atoms with Crippen LogP contribution in [-0.2, 0) is 16.0 Å². The van der Waals surface area contributed by atoms with E-state index >= 15 is 0 Å². The van der Waals surface area contributed by atoms with E-state index < -0.39 is 5.60 Å². The van der Waals surface area contributed by atoms with E-state index in [4.69, 9.17) is 21.1 Å². The van der Waals surface area contributed by atoms with Crippen LogP contribution in [0.4, 0.5) is 4.79 Å². The second-order valence-electron chi connectivity index (χ2n) is 5.76. The van der Waals surface area contributed by atoms with Crippen molar-refractivity contribution in [3.05, 3.63) is 28.5 Å². The van der Waals surface area contributed by atoms with Gasteiger partial charge in [0.15, 0.2) is 0 Å². The van der Waals surface area contributed by atoms with Crippen molar-refractivity contribution in [1.29, 1.82) is 0 Å². The molecule has 1 amide bonds. The molecular formula is C14H19ClN2O3. The average molecular weight is 299 g/mol. The molecule has 0 bridgehead atoms. The first-order valence-corrected chi connectivity index (χ1v) is 6.84. The van der Waals surface area contributed by atoms with Gasteiger partial charge in [0.1, 0.15) is 16.9 Å². The monoisotopic (exact) mass is 298 g/mol. The van der Waals surface area contributed by atoms with Gasteiger partial charge in [0.25, 0.3) is 0 Å². The number of halogens is 1. The lowest BCUT2D eigenvalue weighted by molar-refractivity contribution is -0.000981. The number of pyridine rings is 1. The summed E-state index contributed by atoms with van der Waals surface area (Å²) < 4.78 is 10.8. The average Bonchev–Trinajstić information content (AvgIpc) is 2.35. The molecule has 6 heteroatoms. The van der Waals surface area contributed by atoms with Crippen LogP contribution in [0.2, 0.25) is 5.15 Å². The van der Waals surface area contributed by atoms with Crippen LogP contribution in [0.15, 0.2) is 12.1 Å². The molecular weight excluding hydrogens is 280 g/mol. The Balaban J connectivity index is 2.21. The van der Waals surface area contributed by atoms with Gasteiger partial charge in [-0.2, -0.15) is 0 Å². The number of hydrogen-bond donors (Lipinski definition) is 0. The number of nitrogens with zero attached hydrogens (tertiary/aromatic N) is 2. The van der Waals surface area contributed by atoms with Crippen molar-refractivity contribution >= 4 is 17.7 Å². The summed E-state index contributed by atoms with van der Waals surface area (Å²) in [5.41, 5.74) is 1.20. The Morgan fingerprint density at radius 2 is 2.15 bits per heavy atom. The zero-order valence-corrected chi connectivity index (χ0v) is 12.9. The van der Waals surface area contributed by atoms with E-state index in [1.54, 1.807) is 18.1 Å². The minimum atomic E-state index is -0.516. The van der Waals surface area contributed by atoms with Gasteiger partial charge in [-0.1, -0.05) is 17.7 Å². The van der Waals surface area contributed by atoms with Crippen molar-refractivity contribution < 1.29 is 14.3 Å². The summed E-state index contributed by atoms with van der Waals surface area (Å²) in [7, 11) is 1.59. The number of carbonyl (C=O) groups excluding carboxylic acids is 1. The minimum absolute atomic E-state index is 0.287. The van der Waals surface area contributed by atoms with Crippen LogP contribution in [-0.4, -0.2) is 35.2 Å². The van der Waals surface area contributed by atoms with E-state index in [0.717, 1.165) is 11.3 Å². The first kappa shape index (κ1) is 15.1. The van der Waals surface area contributed by atoms with E-state index in [-0.39, 0.29) is 12.2 Å². The molecule has 0 N–H and O–H groups in total. The molecule has 1 aliphatic rings. The summed E-state index contributed by atoms with van der Waals surface area (Å²) in [5, 5.41) is 0.427. The predicted molar refractivity (Wildman–Crippen MR) is 75.6 cm³/mol. The van der Waals surface area contributed by atoms with Crippen LogP contribution in [0, 0.1) is 0 Å². The number of rotatable bonds is 1. The molecule has 0 radical (unpaired) electrons. The second kappa shape index (κ2) is 5.58. The maximum absolute atomic E-state index is 12.2. The van der Waals surface area contributed by atoms with Crippen LogP contribution in [0.5, 0.6) is 0 Å². The normalized spacial score (nSPS) is 18.6. The van der Waals surface area contributed by atoms with Gasteiger partial charge in [-0.25, -0.2) is 9.78 Å². The van der Waals surface area contributed by atoms with Gasteiger partial charge in [-0.15, -0.1) is 0 Å². The summed E-state index contributed by atoms with van der Waals surface area (Å²) in [6, 6.07) is 3.58. The van der Waals surface area contributed by atoms with Gasteiger partial charge in [0, 0.05) is 7.11 Å². The maximum atomic E-state index is 12.2. The largest absolute Gasteiger partial charge is 0.444 e. The topological polar surface area (TPSA) is 51.7 Å². The van der Waals surface area contributed by atoms with Crippen molar-refractivity contribution in [1.82, 2.24) is 9.88 Å². The van der Waals surface area contributed by atoms with E-state index in [1.807, 2.05) is 26.8 Å². The lowest BCUT2D eigenvalue weighted by atomic mass is 10.0. The third-order valence-corrected chi connectivity index (χ3v) is 3.18. The second-order valence-corrected chi connectivity index (χ2v) is 6.15. The molecule has 0 spiro atoms. The SMILES string of the molecule is COC1CN(C(=O)OC(C)(C)C)Cc2ccc(Cl)nc21. The van der Waals surface area contributed by atoms with Gasteiger partial charge in [0.05, 0.1) is 18.8 Å². The Morgan fingerprint density at radius 3 is 2.75 bits per heavy atom. The molecule has 1 unspecified atom stereocenters. The molecule has 0 saturated heterocycles. The number of amides is 1. The molecule has 0 aliphatic carbocycles. The number of carbonyl (C=O) groups is 1. The summed E-state index contributed by atoms with van der Waals surface area (Å²) in [6.45, 7) is 6.40. The number of hydrogen-bond acceptors (Lipinski definition) is 4. The lowest BCUT2D eigenvalue weighted by Gasteiger charge is -2.34. The Bertz CT molecular complexity index is 514.